The molecule has 0 aliphatic heterocycles. The van der Waals surface area contributed by atoms with E-state index in [2.05, 4.69) is 19.1 Å². The van der Waals surface area contributed by atoms with Crippen LogP contribution in [0.1, 0.15) is 32.6 Å². The Kier molecular flexibility index (Phi) is 1.40. The SMILES string of the molecule is CC=CC1=C2CCC(C1)C2. The van der Waals surface area contributed by atoms with Crippen LogP contribution in [-0.4, -0.2) is 0 Å². The van der Waals surface area contributed by atoms with Crippen molar-refractivity contribution in [3.8, 4) is 0 Å². The maximum atomic E-state index is 2.30. The average Bonchev–Trinajstić information content (AvgIpc) is 2.48. The molecule has 0 amide bonds. The van der Waals surface area contributed by atoms with E-state index >= 15 is 0 Å². The van der Waals surface area contributed by atoms with Crippen molar-refractivity contribution in [1.82, 2.24) is 0 Å². The van der Waals surface area contributed by atoms with Gasteiger partial charge in [-0.25, -0.2) is 0 Å². The fourth-order valence-corrected chi connectivity index (χ4v) is 2.24. The van der Waals surface area contributed by atoms with Gasteiger partial charge >= 0.3 is 0 Å². The minimum Gasteiger partial charge on any atom is -0.0874 e. The van der Waals surface area contributed by atoms with Crippen LogP contribution in [0.5, 0.6) is 0 Å². The van der Waals surface area contributed by atoms with Crippen molar-refractivity contribution < 1.29 is 0 Å². The number of hydrogen-bond acceptors (Lipinski definition) is 0. The number of hydrogen-bond donors (Lipinski definition) is 0. The average molecular weight is 134 g/mol. The van der Waals surface area contributed by atoms with Crippen molar-refractivity contribution in [2.75, 3.05) is 0 Å². The van der Waals surface area contributed by atoms with E-state index in [9.17, 15) is 0 Å². The number of allylic oxidation sites excluding steroid dienone is 4. The second-order valence-corrected chi connectivity index (χ2v) is 3.44. The summed E-state index contributed by atoms with van der Waals surface area (Å²) in [6.07, 6.45) is 10.1. The molecule has 1 atom stereocenters. The van der Waals surface area contributed by atoms with Crippen molar-refractivity contribution in [3.63, 3.8) is 0 Å². The van der Waals surface area contributed by atoms with Gasteiger partial charge in [0.1, 0.15) is 0 Å². The van der Waals surface area contributed by atoms with Gasteiger partial charge in [0, 0.05) is 0 Å². The Hall–Kier alpha value is -0.520. The molecule has 54 valence electrons. The van der Waals surface area contributed by atoms with Gasteiger partial charge in [0.15, 0.2) is 0 Å². The Morgan fingerprint density at radius 2 is 2.30 bits per heavy atom. The molecule has 0 heterocycles. The van der Waals surface area contributed by atoms with Gasteiger partial charge in [-0.2, -0.15) is 0 Å². The van der Waals surface area contributed by atoms with E-state index in [0.29, 0.717) is 0 Å². The second kappa shape index (κ2) is 2.26. The van der Waals surface area contributed by atoms with Gasteiger partial charge in [0.25, 0.3) is 0 Å². The molecule has 0 aromatic rings. The molecule has 0 spiro atoms. The maximum absolute atomic E-state index is 2.30. The summed E-state index contributed by atoms with van der Waals surface area (Å²) in [5, 5.41) is 0. The molecular formula is C10H14. The molecule has 0 nitrogen and oxygen atoms in total. The molecule has 0 aromatic carbocycles. The molecule has 0 N–H and O–H groups in total. The molecule has 0 saturated heterocycles. The first-order valence-corrected chi connectivity index (χ1v) is 4.23. The lowest BCUT2D eigenvalue weighted by Crippen LogP contribution is -1.91. The van der Waals surface area contributed by atoms with Gasteiger partial charge in [-0.05, 0) is 44.1 Å². The topological polar surface area (TPSA) is 0 Å². The van der Waals surface area contributed by atoms with Gasteiger partial charge in [-0.3, -0.25) is 0 Å². The molecule has 2 rings (SSSR count). The normalized spacial score (nSPS) is 31.1. The quantitative estimate of drug-likeness (QED) is 0.517. The number of rotatable bonds is 1. The summed E-state index contributed by atoms with van der Waals surface area (Å²) in [6, 6.07) is 0. The molecule has 1 fully saturated rings. The Bertz CT molecular complexity index is 196. The van der Waals surface area contributed by atoms with Crippen LogP contribution in [0, 0.1) is 5.92 Å². The van der Waals surface area contributed by atoms with Gasteiger partial charge in [-0.1, -0.05) is 17.7 Å². The first-order valence-electron chi connectivity index (χ1n) is 4.23. The third-order valence-corrected chi connectivity index (χ3v) is 2.72. The summed E-state index contributed by atoms with van der Waals surface area (Å²) in [5.74, 6) is 1.03. The lowest BCUT2D eigenvalue weighted by Gasteiger charge is -2.06. The van der Waals surface area contributed by atoms with E-state index in [-0.39, 0.29) is 0 Å². The molecule has 2 bridgehead atoms. The van der Waals surface area contributed by atoms with Gasteiger partial charge in [0.05, 0.1) is 0 Å². The van der Waals surface area contributed by atoms with Crippen LogP contribution in [0.4, 0.5) is 0 Å². The van der Waals surface area contributed by atoms with Crippen LogP contribution in [0.25, 0.3) is 0 Å². The molecule has 0 radical (unpaired) electrons. The minimum absolute atomic E-state index is 1.03. The molecule has 1 unspecified atom stereocenters. The molecule has 0 aromatic heterocycles. The monoisotopic (exact) mass is 134 g/mol. The smallest absolute Gasteiger partial charge is 0.0248 e. The molecule has 2 aliphatic carbocycles. The first-order chi connectivity index (χ1) is 4.90. The molecule has 1 saturated carbocycles. The molecule has 2 aliphatic rings. The van der Waals surface area contributed by atoms with E-state index in [1.807, 2.05) is 0 Å². The van der Waals surface area contributed by atoms with Crippen LogP contribution >= 0.6 is 0 Å². The second-order valence-electron chi connectivity index (χ2n) is 3.44. The highest BCUT2D eigenvalue weighted by atomic mass is 14.3. The minimum atomic E-state index is 1.03. The lowest BCUT2D eigenvalue weighted by atomic mass is 9.99. The number of fused-ring (bicyclic) bond motifs is 2. The largest absolute Gasteiger partial charge is 0.0874 e. The standard InChI is InChI=1S/C10H14/c1-2-3-9-6-8-4-5-10(9)7-8/h2-3,8H,4-7H2,1H3. The van der Waals surface area contributed by atoms with Crippen molar-refractivity contribution in [3.05, 3.63) is 23.3 Å². The van der Waals surface area contributed by atoms with Crippen LogP contribution in [0.3, 0.4) is 0 Å². The predicted molar refractivity (Wildman–Crippen MR) is 43.8 cm³/mol. The third kappa shape index (κ3) is 0.828. The Morgan fingerprint density at radius 3 is 2.80 bits per heavy atom. The highest BCUT2D eigenvalue weighted by Crippen LogP contribution is 2.44. The Balaban J connectivity index is 2.22. The zero-order valence-corrected chi connectivity index (χ0v) is 6.56. The lowest BCUT2D eigenvalue weighted by molar-refractivity contribution is 0.567. The third-order valence-electron chi connectivity index (χ3n) is 2.72. The zero-order chi connectivity index (χ0) is 6.97. The van der Waals surface area contributed by atoms with E-state index in [0.717, 1.165) is 5.92 Å². The zero-order valence-electron chi connectivity index (χ0n) is 6.56. The van der Waals surface area contributed by atoms with Crippen molar-refractivity contribution in [1.29, 1.82) is 0 Å². The van der Waals surface area contributed by atoms with Gasteiger partial charge in [-0.15, -0.1) is 0 Å². The van der Waals surface area contributed by atoms with E-state index in [1.165, 1.54) is 25.7 Å². The highest BCUT2D eigenvalue weighted by Gasteiger charge is 2.28. The van der Waals surface area contributed by atoms with E-state index in [4.69, 9.17) is 0 Å². The van der Waals surface area contributed by atoms with Crippen molar-refractivity contribution >= 4 is 0 Å². The van der Waals surface area contributed by atoms with E-state index in [1.54, 1.807) is 11.1 Å². The fraction of sp³-hybridized carbons (Fsp3) is 0.600. The van der Waals surface area contributed by atoms with Crippen LogP contribution in [0.2, 0.25) is 0 Å². The summed E-state index contributed by atoms with van der Waals surface area (Å²) in [4.78, 5) is 0. The van der Waals surface area contributed by atoms with Gasteiger partial charge < -0.3 is 0 Å². The summed E-state index contributed by atoms with van der Waals surface area (Å²) in [7, 11) is 0. The molecule has 0 heteroatoms. The van der Waals surface area contributed by atoms with Crippen LogP contribution < -0.4 is 0 Å². The first kappa shape index (κ1) is 6.21. The van der Waals surface area contributed by atoms with E-state index < -0.39 is 0 Å². The Labute approximate surface area is 62.6 Å². The van der Waals surface area contributed by atoms with Gasteiger partial charge in [0.2, 0.25) is 0 Å². The molecule has 10 heavy (non-hydrogen) atoms. The Morgan fingerprint density at radius 1 is 1.40 bits per heavy atom. The van der Waals surface area contributed by atoms with Crippen molar-refractivity contribution in [2.45, 2.75) is 32.6 Å². The highest BCUT2D eigenvalue weighted by molar-refractivity contribution is 5.33. The van der Waals surface area contributed by atoms with Crippen molar-refractivity contribution in [2.24, 2.45) is 5.92 Å². The summed E-state index contributed by atoms with van der Waals surface area (Å²) in [5.41, 5.74) is 3.40. The van der Waals surface area contributed by atoms with Crippen LogP contribution in [-0.2, 0) is 0 Å². The fourth-order valence-electron chi connectivity index (χ4n) is 2.24. The predicted octanol–water partition coefficient (Wildman–Crippen LogP) is 3.06. The summed E-state index contributed by atoms with van der Waals surface area (Å²) >= 11 is 0. The molecular weight excluding hydrogens is 120 g/mol. The summed E-state index contributed by atoms with van der Waals surface area (Å²) < 4.78 is 0. The summed E-state index contributed by atoms with van der Waals surface area (Å²) in [6.45, 7) is 2.11. The maximum Gasteiger partial charge on any atom is -0.0248 e. The van der Waals surface area contributed by atoms with Crippen LogP contribution in [0.15, 0.2) is 23.3 Å².